The van der Waals surface area contributed by atoms with Crippen molar-refractivity contribution < 1.29 is 0 Å². The summed E-state index contributed by atoms with van der Waals surface area (Å²) in [6.07, 6.45) is 0. The standard InChI is InChI=1S/C63H45N3/c1-63(2)55-29-12-9-22-50(55)52-27-17-33-59(61(52)63)64(46-38-34-42(35-39-46)48-25-16-32-58-60(48)54-24-11-14-31-57(54)65(58)44-18-5-3-6-19-44)47-40-36-43(37-41-47)49-26-15-28-53-51-23-10-13-30-56(51)66(62(49)53)45-20-7-4-8-21-45/h3-41H,1-2H3. The average Bonchev–Trinajstić information content (AvgIpc) is 3.99. The summed E-state index contributed by atoms with van der Waals surface area (Å²) in [6.45, 7) is 4.76. The molecular formula is C63H45N3. The molecule has 12 aromatic rings. The number of fused-ring (bicyclic) bond motifs is 9. The molecular weight excluding hydrogens is 799 g/mol. The van der Waals surface area contributed by atoms with Crippen molar-refractivity contribution in [3.05, 3.63) is 248 Å². The van der Waals surface area contributed by atoms with Crippen LogP contribution in [0.4, 0.5) is 17.1 Å². The highest BCUT2D eigenvalue weighted by Crippen LogP contribution is 2.54. The first kappa shape index (κ1) is 38.1. The molecule has 0 fully saturated rings. The summed E-state index contributed by atoms with van der Waals surface area (Å²) in [4.78, 5) is 2.48. The largest absolute Gasteiger partial charge is 0.310 e. The van der Waals surface area contributed by atoms with E-state index in [-0.39, 0.29) is 5.41 Å². The van der Waals surface area contributed by atoms with Crippen LogP contribution in [0, 0.1) is 0 Å². The number of nitrogens with zero attached hydrogens (tertiary/aromatic N) is 3. The van der Waals surface area contributed by atoms with Crippen molar-refractivity contribution in [3.63, 3.8) is 0 Å². The number of hydrogen-bond acceptors (Lipinski definition) is 1. The number of benzene rings is 10. The van der Waals surface area contributed by atoms with Crippen LogP contribution in [0.3, 0.4) is 0 Å². The van der Waals surface area contributed by atoms with Gasteiger partial charge in [0.2, 0.25) is 0 Å². The Morgan fingerprint density at radius 2 is 0.833 bits per heavy atom. The summed E-state index contributed by atoms with van der Waals surface area (Å²) >= 11 is 0. The van der Waals surface area contributed by atoms with Crippen LogP contribution in [0.25, 0.3) is 88.4 Å². The van der Waals surface area contributed by atoms with Gasteiger partial charge < -0.3 is 14.0 Å². The Labute approximate surface area is 384 Å². The first-order valence-electron chi connectivity index (χ1n) is 22.9. The molecule has 0 amide bonds. The summed E-state index contributed by atoms with van der Waals surface area (Å²) < 4.78 is 4.82. The highest BCUT2D eigenvalue weighted by Gasteiger charge is 2.38. The molecule has 0 spiro atoms. The van der Waals surface area contributed by atoms with E-state index in [1.165, 1.54) is 93.8 Å². The van der Waals surface area contributed by atoms with Crippen molar-refractivity contribution in [1.29, 1.82) is 0 Å². The molecule has 0 unspecified atom stereocenters. The summed E-state index contributed by atoms with van der Waals surface area (Å²) in [5.74, 6) is 0. The molecule has 0 radical (unpaired) electrons. The number of para-hydroxylation sites is 5. The Morgan fingerprint density at radius 3 is 1.55 bits per heavy atom. The number of aromatic nitrogens is 2. The average molecular weight is 844 g/mol. The predicted molar refractivity (Wildman–Crippen MR) is 278 cm³/mol. The lowest BCUT2D eigenvalue weighted by Gasteiger charge is -2.32. The molecule has 0 atom stereocenters. The molecule has 13 rings (SSSR count). The van der Waals surface area contributed by atoms with Crippen LogP contribution in [0.1, 0.15) is 25.0 Å². The summed E-state index contributed by atoms with van der Waals surface area (Å²) in [6, 6.07) is 86.7. The normalized spacial score (nSPS) is 12.8. The van der Waals surface area contributed by atoms with Gasteiger partial charge in [0.05, 0.1) is 27.8 Å². The molecule has 3 heteroatoms. The Balaban J connectivity index is 0.976. The number of rotatable bonds is 7. The SMILES string of the molecule is CC1(C)c2ccccc2-c2cccc(N(c3ccc(-c4cccc5c4c4ccccc4n5-c4ccccc4)cc3)c3ccc(-c4cccc5c6ccccc6n(-c6ccccc6)c45)cc3)c21. The van der Waals surface area contributed by atoms with E-state index in [0.717, 1.165) is 22.7 Å². The fourth-order valence-corrected chi connectivity index (χ4v) is 11.2. The minimum absolute atomic E-state index is 0.205. The quantitative estimate of drug-likeness (QED) is 0.156. The third-order valence-electron chi connectivity index (χ3n) is 14.1. The Hall–Kier alpha value is -8.40. The van der Waals surface area contributed by atoms with Crippen molar-refractivity contribution >= 4 is 60.7 Å². The Morgan fingerprint density at radius 1 is 0.348 bits per heavy atom. The summed E-state index contributed by atoms with van der Waals surface area (Å²) in [7, 11) is 0. The Kier molecular flexibility index (Phi) is 8.56. The molecule has 0 N–H and O–H groups in total. The molecule has 1 aliphatic carbocycles. The van der Waals surface area contributed by atoms with Crippen LogP contribution >= 0.6 is 0 Å². The molecule has 0 saturated carbocycles. The maximum absolute atomic E-state index is 2.48. The number of anilines is 3. The van der Waals surface area contributed by atoms with Gasteiger partial charge >= 0.3 is 0 Å². The number of hydrogen-bond donors (Lipinski definition) is 0. The molecule has 2 heterocycles. The lowest BCUT2D eigenvalue weighted by atomic mass is 9.81. The van der Waals surface area contributed by atoms with Crippen molar-refractivity contribution in [2.24, 2.45) is 0 Å². The predicted octanol–water partition coefficient (Wildman–Crippen LogP) is 17.0. The maximum Gasteiger partial charge on any atom is 0.0619 e. The fraction of sp³-hybridized carbons (Fsp3) is 0.0476. The van der Waals surface area contributed by atoms with Crippen LogP contribution in [-0.2, 0) is 5.41 Å². The second-order valence-electron chi connectivity index (χ2n) is 18.1. The van der Waals surface area contributed by atoms with E-state index >= 15 is 0 Å². The van der Waals surface area contributed by atoms with Gasteiger partial charge in [-0.05, 0) is 112 Å². The molecule has 1 aliphatic rings. The van der Waals surface area contributed by atoms with Gasteiger partial charge in [-0.3, -0.25) is 0 Å². The fourth-order valence-electron chi connectivity index (χ4n) is 11.2. The third kappa shape index (κ3) is 5.70. The van der Waals surface area contributed by atoms with Crippen LogP contribution in [0.15, 0.2) is 237 Å². The molecule has 66 heavy (non-hydrogen) atoms. The van der Waals surface area contributed by atoms with Gasteiger partial charge in [0.15, 0.2) is 0 Å². The van der Waals surface area contributed by atoms with Gasteiger partial charge in [-0.25, -0.2) is 0 Å². The topological polar surface area (TPSA) is 13.1 Å². The lowest BCUT2D eigenvalue weighted by Crippen LogP contribution is -2.20. The van der Waals surface area contributed by atoms with Gasteiger partial charge in [-0.1, -0.05) is 178 Å². The third-order valence-corrected chi connectivity index (χ3v) is 14.1. The van der Waals surface area contributed by atoms with Crippen molar-refractivity contribution in [2.45, 2.75) is 19.3 Å². The van der Waals surface area contributed by atoms with Crippen LogP contribution < -0.4 is 4.90 Å². The minimum Gasteiger partial charge on any atom is -0.310 e. The zero-order valence-corrected chi connectivity index (χ0v) is 36.9. The van der Waals surface area contributed by atoms with Gasteiger partial charge in [0, 0.05) is 55.3 Å². The minimum atomic E-state index is -0.205. The summed E-state index contributed by atoms with van der Waals surface area (Å²) in [5.41, 5.74) is 20.4. The highest BCUT2D eigenvalue weighted by atomic mass is 15.1. The molecule has 10 aromatic carbocycles. The van der Waals surface area contributed by atoms with Gasteiger partial charge in [-0.2, -0.15) is 0 Å². The highest BCUT2D eigenvalue weighted by molar-refractivity contribution is 6.16. The lowest BCUT2D eigenvalue weighted by molar-refractivity contribution is 0.661. The van der Waals surface area contributed by atoms with Crippen LogP contribution in [0.2, 0.25) is 0 Å². The first-order chi connectivity index (χ1) is 32.5. The molecule has 312 valence electrons. The second kappa shape index (κ2) is 14.8. The van der Waals surface area contributed by atoms with Gasteiger partial charge in [-0.15, -0.1) is 0 Å². The smallest absolute Gasteiger partial charge is 0.0619 e. The van der Waals surface area contributed by atoms with E-state index in [2.05, 4.69) is 264 Å². The monoisotopic (exact) mass is 843 g/mol. The zero-order valence-electron chi connectivity index (χ0n) is 36.9. The van der Waals surface area contributed by atoms with E-state index < -0.39 is 0 Å². The second-order valence-corrected chi connectivity index (χ2v) is 18.1. The van der Waals surface area contributed by atoms with E-state index in [9.17, 15) is 0 Å². The van der Waals surface area contributed by atoms with E-state index in [4.69, 9.17) is 0 Å². The van der Waals surface area contributed by atoms with E-state index in [1.54, 1.807) is 0 Å². The van der Waals surface area contributed by atoms with Crippen molar-refractivity contribution in [3.8, 4) is 44.8 Å². The maximum atomic E-state index is 2.48. The van der Waals surface area contributed by atoms with Crippen LogP contribution in [0.5, 0.6) is 0 Å². The van der Waals surface area contributed by atoms with E-state index in [0.29, 0.717) is 0 Å². The molecule has 0 aliphatic heterocycles. The Bertz CT molecular complexity index is 3820. The zero-order chi connectivity index (χ0) is 43.9. The molecule has 2 aromatic heterocycles. The van der Waals surface area contributed by atoms with Crippen molar-refractivity contribution in [2.75, 3.05) is 4.90 Å². The molecule has 0 bridgehead atoms. The van der Waals surface area contributed by atoms with Crippen LogP contribution in [-0.4, -0.2) is 9.13 Å². The first-order valence-corrected chi connectivity index (χ1v) is 22.9. The van der Waals surface area contributed by atoms with Gasteiger partial charge in [0.25, 0.3) is 0 Å². The molecule has 3 nitrogen and oxygen atoms in total. The van der Waals surface area contributed by atoms with E-state index in [1.807, 2.05) is 0 Å². The van der Waals surface area contributed by atoms with Crippen molar-refractivity contribution in [1.82, 2.24) is 9.13 Å². The molecule has 0 saturated heterocycles. The summed E-state index contributed by atoms with van der Waals surface area (Å²) in [5, 5.41) is 5.02. The van der Waals surface area contributed by atoms with Gasteiger partial charge in [0.1, 0.15) is 0 Å².